The summed E-state index contributed by atoms with van der Waals surface area (Å²) in [5, 5.41) is 0. The Morgan fingerprint density at radius 1 is 0.885 bits per heavy atom. The minimum atomic E-state index is -6.28. The first-order valence-corrected chi connectivity index (χ1v) is 9.62. The van der Waals surface area contributed by atoms with Gasteiger partial charge in [0.15, 0.2) is 0 Å². The molecule has 12 heteroatoms. The Kier molecular flexibility index (Phi) is 7.36. The zero-order valence-corrected chi connectivity index (χ0v) is 14.5. The Morgan fingerprint density at radius 3 is 1.62 bits per heavy atom. The maximum atomic E-state index is 13.2. The summed E-state index contributed by atoms with van der Waals surface area (Å²) in [5.74, 6) is -5.80. The molecule has 0 atom stereocenters. The van der Waals surface area contributed by atoms with Gasteiger partial charge in [0.1, 0.15) is 5.75 Å². The molecular formula is C14H20F6O5S. The molecule has 1 saturated carbocycles. The molecule has 0 aromatic rings. The van der Waals surface area contributed by atoms with Gasteiger partial charge in [-0.25, -0.2) is 0 Å². The fourth-order valence-electron chi connectivity index (χ4n) is 2.85. The number of alkyl halides is 6. The average Bonchev–Trinajstić information content (AvgIpc) is 2.56. The van der Waals surface area contributed by atoms with Crippen molar-refractivity contribution < 1.29 is 48.8 Å². The van der Waals surface area contributed by atoms with E-state index in [1.54, 1.807) is 0 Å². The van der Waals surface area contributed by atoms with Crippen molar-refractivity contribution in [3.8, 4) is 0 Å². The number of carbonyl (C=O) groups is 1. The SMILES string of the molecule is O=C(OC(CS(=O)(=O)O)(C(F)(F)F)C(F)(F)F)C1CCCCCCCC1. The lowest BCUT2D eigenvalue weighted by molar-refractivity contribution is -0.362. The van der Waals surface area contributed by atoms with E-state index in [4.69, 9.17) is 4.55 Å². The molecule has 1 rings (SSSR count). The largest absolute Gasteiger partial charge is 0.438 e. The number of hydrogen-bond acceptors (Lipinski definition) is 4. The van der Waals surface area contributed by atoms with Gasteiger partial charge in [0.05, 0.1) is 5.92 Å². The van der Waals surface area contributed by atoms with Crippen LogP contribution in [0.1, 0.15) is 51.4 Å². The molecule has 1 fully saturated rings. The molecule has 0 aromatic carbocycles. The topological polar surface area (TPSA) is 80.7 Å². The summed E-state index contributed by atoms with van der Waals surface area (Å²) >= 11 is 0. The molecule has 0 saturated heterocycles. The minimum Gasteiger partial charge on any atom is -0.438 e. The molecule has 1 aliphatic rings. The van der Waals surface area contributed by atoms with E-state index in [-0.39, 0.29) is 12.8 Å². The van der Waals surface area contributed by atoms with Crippen LogP contribution in [-0.2, 0) is 19.6 Å². The minimum absolute atomic E-state index is 0.0521. The summed E-state index contributed by atoms with van der Waals surface area (Å²) in [6, 6.07) is 0. The fourth-order valence-corrected chi connectivity index (χ4v) is 3.75. The number of hydrogen-bond donors (Lipinski definition) is 1. The normalized spacial score (nSPS) is 19.3. The third-order valence-corrected chi connectivity index (χ3v) is 5.04. The van der Waals surface area contributed by atoms with Crippen LogP contribution < -0.4 is 0 Å². The van der Waals surface area contributed by atoms with Crippen molar-refractivity contribution in [2.24, 2.45) is 5.92 Å². The number of halogens is 6. The van der Waals surface area contributed by atoms with Gasteiger partial charge in [0.25, 0.3) is 10.1 Å². The second kappa shape index (κ2) is 8.32. The zero-order valence-electron chi connectivity index (χ0n) is 13.7. The lowest BCUT2D eigenvalue weighted by atomic mass is 9.96. The van der Waals surface area contributed by atoms with Gasteiger partial charge in [-0.3, -0.25) is 9.35 Å². The van der Waals surface area contributed by atoms with E-state index in [9.17, 15) is 39.6 Å². The molecule has 154 valence electrons. The Hall–Kier alpha value is -1.04. The van der Waals surface area contributed by atoms with Crippen LogP contribution in [0.4, 0.5) is 26.3 Å². The fraction of sp³-hybridized carbons (Fsp3) is 0.929. The molecule has 1 N–H and O–H groups in total. The molecular weight excluding hydrogens is 394 g/mol. The third-order valence-electron chi connectivity index (χ3n) is 4.26. The molecule has 0 unspecified atom stereocenters. The Balaban J connectivity index is 3.19. The van der Waals surface area contributed by atoms with E-state index in [1.807, 2.05) is 0 Å². The summed E-state index contributed by atoms with van der Waals surface area (Å²) in [4.78, 5) is 12.1. The average molecular weight is 414 g/mol. The number of carbonyl (C=O) groups excluding carboxylic acids is 1. The zero-order chi connectivity index (χ0) is 20.2. The highest BCUT2D eigenvalue weighted by molar-refractivity contribution is 7.85. The van der Waals surface area contributed by atoms with E-state index in [2.05, 4.69) is 4.74 Å². The third kappa shape index (κ3) is 6.00. The first kappa shape index (κ1) is 23.0. The predicted molar refractivity (Wildman–Crippen MR) is 77.8 cm³/mol. The highest BCUT2D eigenvalue weighted by atomic mass is 32.2. The van der Waals surface area contributed by atoms with Crippen molar-refractivity contribution in [3.63, 3.8) is 0 Å². The van der Waals surface area contributed by atoms with Gasteiger partial charge in [-0.1, -0.05) is 38.5 Å². The van der Waals surface area contributed by atoms with Gasteiger partial charge >= 0.3 is 23.9 Å². The smallest absolute Gasteiger partial charge is 0.438 e. The van der Waals surface area contributed by atoms with Crippen LogP contribution in [0.25, 0.3) is 0 Å². The molecule has 0 bridgehead atoms. The molecule has 0 spiro atoms. The van der Waals surface area contributed by atoms with Gasteiger partial charge in [-0.15, -0.1) is 0 Å². The van der Waals surface area contributed by atoms with E-state index in [1.165, 1.54) is 0 Å². The van der Waals surface area contributed by atoms with Crippen LogP contribution in [0, 0.1) is 5.92 Å². The van der Waals surface area contributed by atoms with Crippen molar-refractivity contribution in [2.75, 3.05) is 5.75 Å². The van der Waals surface area contributed by atoms with Crippen LogP contribution in [-0.4, -0.2) is 42.6 Å². The first-order chi connectivity index (χ1) is 11.7. The first-order valence-electron chi connectivity index (χ1n) is 8.01. The lowest BCUT2D eigenvalue weighted by Gasteiger charge is -2.36. The van der Waals surface area contributed by atoms with Crippen molar-refractivity contribution in [1.29, 1.82) is 0 Å². The highest BCUT2D eigenvalue weighted by Crippen LogP contribution is 2.47. The molecule has 0 aliphatic heterocycles. The second-order valence-electron chi connectivity index (χ2n) is 6.37. The molecule has 0 radical (unpaired) electrons. The maximum absolute atomic E-state index is 13.2. The van der Waals surface area contributed by atoms with Crippen molar-refractivity contribution in [1.82, 2.24) is 0 Å². The van der Waals surface area contributed by atoms with Crippen molar-refractivity contribution >= 4 is 16.1 Å². The summed E-state index contributed by atoms with van der Waals surface area (Å²) in [7, 11) is -5.76. The lowest BCUT2D eigenvalue weighted by Crippen LogP contribution is -2.63. The Bertz CT molecular complexity index is 560. The molecule has 0 aromatic heterocycles. The Morgan fingerprint density at radius 2 is 1.27 bits per heavy atom. The maximum Gasteiger partial charge on any atom is 0.438 e. The van der Waals surface area contributed by atoms with Crippen LogP contribution in [0.3, 0.4) is 0 Å². The van der Waals surface area contributed by atoms with Crippen LogP contribution in [0.5, 0.6) is 0 Å². The summed E-state index contributed by atoms with van der Waals surface area (Å²) < 4.78 is 113. The standard InChI is InChI=1S/C14H20F6O5S/c15-13(16,17)12(14(18,19)20,9-26(22,23)24)25-11(21)10-7-5-3-1-2-4-6-8-10/h10H,1-9H2,(H,22,23,24). The molecule has 0 amide bonds. The summed E-state index contributed by atoms with van der Waals surface area (Å²) in [6.07, 6.45) is -8.54. The van der Waals surface area contributed by atoms with Gasteiger partial charge in [0.2, 0.25) is 0 Å². The summed E-state index contributed by atoms with van der Waals surface area (Å²) in [5.41, 5.74) is -5.32. The number of esters is 1. The molecule has 5 nitrogen and oxygen atoms in total. The predicted octanol–water partition coefficient (Wildman–Crippen LogP) is 4.03. The van der Waals surface area contributed by atoms with Crippen LogP contribution >= 0.6 is 0 Å². The number of ether oxygens (including phenoxy) is 1. The molecule has 26 heavy (non-hydrogen) atoms. The van der Waals surface area contributed by atoms with Crippen LogP contribution in [0.15, 0.2) is 0 Å². The van der Waals surface area contributed by atoms with E-state index >= 15 is 0 Å². The van der Waals surface area contributed by atoms with Gasteiger partial charge in [0, 0.05) is 0 Å². The van der Waals surface area contributed by atoms with Gasteiger partial charge < -0.3 is 4.74 Å². The van der Waals surface area contributed by atoms with Crippen molar-refractivity contribution in [3.05, 3.63) is 0 Å². The van der Waals surface area contributed by atoms with Crippen molar-refractivity contribution in [2.45, 2.75) is 69.3 Å². The molecule has 1 aliphatic carbocycles. The van der Waals surface area contributed by atoms with E-state index < -0.39 is 45.7 Å². The van der Waals surface area contributed by atoms with Crippen LogP contribution in [0.2, 0.25) is 0 Å². The van der Waals surface area contributed by atoms with Gasteiger partial charge in [-0.05, 0) is 12.8 Å². The van der Waals surface area contributed by atoms with E-state index in [0.29, 0.717) is 25.7 Å². The number of rotatable bonds is 4. The monoisotopic (exact) mass is 414 g/mol. The summed E-state index contributed by atoms with van der Waals surface area (Å²) in [6.45, 7) is 0. The molecule has 0 heterocycles. The highest BCUT2D eigenvalue weighted by Gasteiger charge is 2.76. The second-order valence-corrected chi connectivity index (χ2v) is 7.82. The quantitative estimate of drug-likeness (QED) is 0.427. The Labute approximate surface area is 146 Å². The van der Waals surface area contributed by atoms with E-state index in [0.717, 1.165) is 12.8 Å². The van der Waals surface area contributed by atoms with Gasteiger partial charge in [-0.2, -0.15) is 34.8 Å².